The van der Waals surface area contributed by atoms with E-state index in [1.54, 1.807) is 18.5 Å². The van der Waals surface area contributed by atoms with Gasteiger partial charge in [0, 0.05) is 30.7 Å². The van der Waals surface area contributed by atoms with E-state index in [0.29, 0.717) is 15.8 Å². The molecule has 1 aliphatic heterocycles. The second-order valence-electron chi connectivity index (χ2n) is 5.85. The fraction of sp³-hybridized carbons (Fsp3) is 0.222. The number of morpholine rings is 1. The van der Waals surface area contributed by atoms with Crippen LogP contribution >= 0.6 is 11.3 Å². The van der Waals surface area contributed by atoms with E-state index >= 15 is 0 Å². The number of hydrogen-bond acceptors (Lipinski definition) is 8. The number of thiazole rings is 1. The highest BCUT2D eigenvalue weighted by Crippen LogP contribution is 2.23. The fourth-order valence-electron chi connectivity index (χ4n) is 2.68. The topological polar surface area (TPSA) is 92.3 Å². The van der Waals surface area contributed by atoms with Gasteiger partial charge in [0.25, 0.3) is 5.91 Å². The first kappa shape index (κ1) is 17.4. The Labute approximate surface area is 160 Å². The zero-order chi connectivity index (χ0) is 18.5. The molecule has 1 amide bonds. The van der Waals surface area contributed by atoms with Crippen molar-refractivity contribution in [2.45, 2.75) is 0 Å². The predicted octanol–water partition coefficient (Wildman–Crippen LogP) is 2.77. The lowest BCUT2D eigenvalue weighted by molar-refractivity contribution is 0.103. The number of carbonyl (C=O) groups excluding carboxylic acids is 1. The van der Waals surface area contributed by atoms with E-state index in [-0.39, 0.29) is 5.91 Å². The Kier molecular flexibility index (Phi) is 5.22. The summed E-state index contributed by atoms with van der Waals surface area (Å²) in [5, 5.41) is 6.55. The van der Waals surface area contributed by atoms with Crippen LogP contribution in [0, 0.1) is 0 Å². The number of anilines is 4. The first-order chi connectivity index (χ1) is 13.3. The summed E-state index contributed by atoms with van der Waals surface area (Å²) in [7, 11) is 0. The Hall–Kier alpha value is -3.04. The molecule has 8 nitrogen and oxygen atoms in total. The molecular weight excluding hydrogens is 364 g/mol. The number of aromatic nitrogens is 3. The van der Waals surface area contributed by atoms with Crippen molar-refractivity contribution < 1.29 is 9.53 Å². The highest BCUT2D eigenvalue weighted by Gasteiger charge is 2.13. The molecule has 0 aliphatic carbocycles. The normalized spacial score (nSPS) is 14.0. The quantitative estimate of drug-likeness (QED) is 0.701. The molecule has 1 saturated heterocycles. The lowest BCUT2D eigenvalue weighted by atomic mass is 10.2. The van der Waals surface area contributed by atoms with Gasteiger partial charge in [-0.2, -0.15) is 0 Å². The van der Waals surface area contributed by atoms with Gasteiger partial charge >= 0.3 is 0 Å². The Bertz CT molecular complexity index is 894. The molecule has 3 heterocycles. The third-order valence-electron chi connectivity index (χ3n) is 4.05. The molecule has 1 aliphatic rings. The van der Waals surface area contributed by atoms with Crippen LogP contribution in [0.4, 0.5) is 22.3 Å². The van der Waals surface area contributed by atoms with E-state index in [1.165, 1.54) is 17.7 Å². The highest BCUT2D eigenvalue weighted by molar-refractivity contribution is 7.17. The van der Waals surface area contributed by atoms with E-state index in [4.69, 9.17) is 4.74 Å². The number of hydrogen-bond donors (Lipinski definition) is 2. The Morgan fingerprint density at radius 2 is 1.93 bits per heavy atom. The molecule has 27 heavy (non-hydrogen) atoms. The van der Waals surface area contributed by atoms with Crippen molar-refractivity contribution in [3.8, 4) is 0 Å². The highest BCUT2D eigenvalue weighted by atomic mass is 32.1. The Morgan fingerprint density at radius 3 is 2.67 bits per heavy atom. The maximum absolute atomic E-state index is 12.4. The smallest absolute Gasteiger partial charge is 0.267 e. The molecule has 1 aromatic carbocycles. The minimum atomic E-state index is -0.192. The predicted molar refractivity (Wildman–Crippen MR) is 105 cm³/mol. The zero-order valence-electron chi connectivity index (χ0n) is 14.5. The number of carbonyl (C=O) groups is 1. The molecule has 2 aromatic heterocycles. The lowest BCUT2D eigenvalue weighted by Gasteiger charge is -2.28. The van der Waals surface area contributed by atoms with Crippen LogP contribution < -0.4 is 15.5 Å². The molecule has 0 saturated carbocycles. The van der Waals surface area contributed by atoms with E-state index < -0.39 is 0 Å². The number of nitrogens with zero attached hydrogens (tertiary/aromatic N) is 4. The van der Waals surface area contributed by atoms with Crippen LogP contribution in [0.3, 0.4) is 0 Å². The minimum absolute atomic E-state index is 0.192. The van der Waals surface area contributed by atoms with Crippen molar-refractivity contribution in [3.05, 3.63) is 53.9 Å². The maximum atomic E-state index is 12.4. The SMILES string of the molecule is O=C(Nc1ccc(N2CCOCC2)cc1)c1cnc(Nc2ccncn2)s1. The number of ether oxygens (including phenoxy) is 1. The molecule has 138 valence electrons. The summed E-state index contributed by atoms with van der Waals surface area (Å²) in [6, 6.07) is 9.57. The van der Waals surface area contributed by atoms with Gasteiger partial charge in [0.1, 0.15) is 17.0 Å². The van der Waals surface area contributed by atoms with Crippen LogP contribution in [0.15, 0.2) is 49.1 Å². The van der Waals surface area contributed by atoms with Gasteiger partial charge in [-0.15, -0.1) is 0 Å². The first-order valence-electron chi connectivity index (χ1n) is 8.51. The van der Waals surface area contributed by atoms with Crippen LogP contribution in [0.5, 0.6) is 0 Å². The van der Waals surface area contributed by atoms with Gasteiger partial charge in [-0.05, 0) is 30.3 Å². The summed E-state index contributed by atoms with van der Waals surface area (Å²) in [5.74, 6) is 0.437. The molecule has 0 spiro atoms. The Morgan fingerprint density at radius 1 is 1.11 bits per heavy atom. The van der Waals surface area contributed by atoms with Gasteiger partial charge in [0.05, 0.1) is 19.4 Å². The molecule has 2 N–H and O–H groups in total. The van der Waals surface area contributed by atoms with Crippen molar-refractivity contribution in [2.24, 2.45) is 0 Å². The average molecular weight is 382 g/mol. The molecular formula is C18H18N6O2S. The number of amides is 1. The molecule has 0 atom stereocenters. The van der Waals surface area contributed by atoms with Crippen molar-refractivity contribution in [1.29, 1.82) is 0 Å². The van der Waals surface area contributed by atoms with Crippen molar-refractivity contribution in [3.63, 3.8) is 0 Å². The molecule has 0 radical (unpaired) electrons. The second-order valence-corrected chi connectivity index (χ2v) is 6.88. The summed E-state index contributed by atoms with van der Waals surface area (Å²) < 4.78 is 5.37. The summed E-state index contributed by atoms with van der Waals surface area (Å²) >= 11 is 1.26. The molecule has 9 heteroatoms. The average Bonchev–Trinajstić information content (AvgIpc) is 3.19. The van der Waals surface area contributed by atoms with E-state index in [9.17, 15) is 4.79 Å². The van der Waals surface area contributed by atoms with Crippen molar-refractivity contribution in [1.82, 2.24) is 15.0 Å². The third kappa shape index (κ3) is 4.39. The van der Waals surface area contributed by atoms with Gasteiger partial charge in [-0.1, -0.05) is 11.3 Å². The van der Waals surface area contributed by atoms with Gasteiger partial charge in [-0.3, -0.25) is 4.79 Å². The molecule has 1 fully saturated rings. The maximum Gasteiger partial charge on any atom is 0.267 e. The molecule has 4 rings (SSSR count). The van der Waals surface area contributed by atoms with Crippen LogP contribution in [0.1, 0.15) is 9.67 Å². The molecule has 0 bridgehead atoms. The number of benzene rings is 1. The first-order valence-corrected chi connectivity index (χ1v) is 9.32. The van der Waals surface area contributed by atoms with Crippen molar-refractivity contribution >= 4 is 39.6 Å². The summed E-state index contributed by atoms with van der Waals surface area (Å²) in [6.45, 7) is 3.26. The van der Waals surface area contributed by atoms with Gasteiger partial charge in [0.2, 0.25) is 0 Å². The van der Waals surface area contributed by atoms with E-state index in [0.717, 1.165) is 37.7 Å². The standard InChI is InChI=1S/C18H18N6O2S/c25-17(15-11-20-18(27-15)23-16-5-6-19-12-21-16)22-13-1-3-14(4-2-13)24-7-9-26-10-8-24/h1-6,11-12H,7-10H2,(H,22,25)(H,19,20,21,23). The minimum Gasteiger partial charge on any atom is -0.378 e. The van der Waals surface area contributed by atoms with Crippen LogP contribution in [-0.4, -0.2) is 47.2 Å². The third-order valence-corrected chi connectivity index (χ3v) is 4.96. The molecule has 0 unspecified atom stereocenters. The summed E-state index contributed by atoms with van der Waals surface area (Å²) in [5.41, 5.74) is 1.88. The summed E-state index contributed by atoms with van der Waals surface area (Å²) in [6.07, 6.45) is 4.63. The zero-order valence-corrected chi connectivity index (χ0v) is 15.3. The van der Waals surface area contributed by atoms with Crippen LogP contribution in [0.25, 0.3) is 0 Å². The lowest BCUT2D eigenvalue weighted by Crippen LogP contribution is -2.36. The van der Waals surface area contributed by atoms with Crippen LogP contribution in [0.2, 0.25) is 0 Å². The van der Waals surface area contributed by atoms with Gasteiger partial charge in [0.15, 0.2) is 5.13 Å². The van der Waals surface area contributed by atoms with E-state index in [1.807, 2.05) is 24.3 Å². The van der Waals surface area contributed by atoms with E-state index in [2.05, 4.69) is 30.5 Å². The van der Waals surface area contributed by atoms with Gasteiger partial charge < -0.3 is 20.3 Å². The Balaban J connectivity index is 1.37. The van der Waals surface area contributed by atoms with Crippen molar-refractivity contribution in [2.75, 3.05) is 41.8 Å². The number of nitrogens with one attached hydrogen (secondary N) is 2. The number of rotatable bonds is 5. The van der Waals surface area contributed by atoms with Gasteiger partial charge in [-0.25, -0.2) is 15.0 Å². The fourth-order valence-corrected chi connectivity index (χ4v) is 3.40. The van der Waals surface area contributed by atoms with Crippen LogP contribution in [-0.2, 0) is 4.74 Å². The largest absolute Gasteiger partial charge is 0.378 e. The molecule has 3 aromatic rings. The monoisotopic (exact) mass is 382 g/mol. The summed E-state index contributed by atoms with van der Waals surface area (Å²) in [4.78, 5) is 27.4. The second kappa shape index (κ2) is 8.11.